The lowest BCUT2D eigenvalue weighted by molar-refractivity contribution is -0.384. The van der Waals surface area contributed by atoms with Gasteiger partial charge in [0.25, 0.3) is 11.6 Å². The number of aryl methyl sites for hydroxylation is 2. The second-order valence-corrected chi connectivity index (χ2v) is 6.69. The molecule has 0 fully saturated rings. The van der Waals surface area contributed by atoms with Gasteiger partial charge in [0.05, 0.1) is 29.9 Å². The number of nitro groups is 1. The minimum atomic E-state index is -0.501. The Morgan fingerprint density at radius 1 is 1.16 bits per heavy atom. The lowest BCUT2D eigenvalue weighted by Crippen LogP contribution is -2.24. The van der Waals surface area contributed by atoms with Crippen LogP contribution in [-0.4, -0.2) is 30.8 Å². The summed E-state index contributed by atoms with van der Waals surface area (Å²) in [4.78, 5) is 22.3. The van der Waals surface area contributed by atoms with Crippen molar-refractivity contribution in [3.05, 3.63) is 75.5 Å². The van der Waals surface area contributed by atoms with Gasteiger partial charge < -0.3 is 13.9 Å². The fraction of sp³-hybridized carbons (Fsp3) is 0.182. The second kappa shape index (κ2) is 9.57. The Morgan fingerprint density at radius 3 is 2.68 bits per heavy atom. The molecule has 31 heavy (non-hydrogen) atoms. The number of carbonyl (C=O) groups is 1. The van der Waals surface area contributed by atoms with Gasteiger partial charge in [-0.15, -0.1) is 0 Å². The maximum atomic E-state index is 11.9. The third-order valence-corrected chi connectivity index (χ3v) is 4.36. The molecule has 0 radical (unpaired) electrons. The van der Waals surface area contributed by atoms with Gasteiger partial charge in [-0.2, -0.15) is 5.10 Å². The molecule has 2 aromatic carbocycles. The Kier molecular flexibility index (Phi) is 6.66. The number of nitrogens with one attached hydrogen (secondary N) is 1. The van der Waals surface area contributed by atoms with Crippen LogP contribution >= 0.6 is 0 Å². The molecule has 0 unspecified atom stereocenters. The first-order valence-electron chi connectivity index (χ1n) is 9.32. The summed E-state index contributed by atoms with van der Waals surface area (Å²) in [5, 5.41) is 14.8. The predicted octanol–water partition coefficient (Wildman–Crippen LogP) is 4.01. The van der Waals surface area contributed by atoms with Crippen molar-refractivity contribution >= 4 is 17.8 Å². The molecule has 0 spiro atoms. The second-order valence-electron chi connectivity index (χ2n) is 6.69. The standard InChI is InChI=1S/C22H21N3O6/c1-14-4-8-19(15(2)10-14)30-13-22(26)24-23-12-17-6-9-20(31-17)18-7-5-16(25(27)28)11-21(18)29-3/h4-12H,13H2,1-3H3,(H,24,26)/b23-12+. The van der Waals surface area contributed by atoms with E-state index in [1.165, 1.54) is 25.5 Å². The molecule has 0 bridgehead atoms. The van der Waals surface area contributed by atoms with Crippen molar-refractivity contribution < 1.29 is 23.6 Å². The van der Waals surface area contributed by atoms with Crippen LogP contribution in [0, 0.1) is 24.0 Å². The summed E-state index contributed by atoms with van der Waals surface area (Å²) in [6.45, 7) is 3.72. The van der Waals surface area contributed by atoms with Crippen molar-refractivity contribution in [1.29, 1.82) is 0 Å². The van der Waals surface area contributed by atoms with E-state index in [1.54, 1.807) is 18.2 Å². The summed E-state index contributed by atoms with van der Waals surface area (Å²) in [5.74, 6) is 1.35. The van der Waals surface area contributed by atoms with Crippen LogP contribution < -0.4 is 14.9 Å². The van der Waals surface area contributed by atoms with E-state index in [1.807, 2.05) is 32.0 Å². The number of hydrogen-bond donors (Lipinski definition) is 1. The zero-order valence-corrected chi connectivity index (χ0v) is 17.2. The van der Waals surface area contributed by atoms with Gasteiger partial charge in [-0.3, -0.25) is 14.9 Å². The Morgan fingerprint density at radius 2 is 1.97 bits per heavy atom. The van der Waals surface area contributed by atoms with Crippen LogP contribution in [0.1, 0.15) is 16.9 Å². The number of non-ortho nitro benzene ring substituents is 1. The maximum absolute atomic E-state index is 11.9. The van der Waals surface area contributed by atoms with E-state index >= 15 is 0 Å². The molecule has 9 heteroatoms. The molecule has 1 heterocycles. The van der Waals surface area contributed by atoms with Gasteiger partial charge in [-0.1, -0.05) is 17.7 Å². The molecular formula is C22H21N3O6. The van der Waals surface area contributed by atoms with E-state index in [2.05, 4.69) is 10.5 Å². The highest BCUT2D eigenvalue weighted by Gasteiger charge is 2.15. The summed E-state index contributed by atoms with van der Waals surface area (Å²) in [5.41, 5.74) is 4.90. The summed E-state index contributed by atoms with van der Waals surface area (Å²) in [6.07, 6.45) is 1.34. The van der Waals surface area contributed by atoms with Crippen molar-refractivity contribution in [3.8, 4) is 22.8 Å². The molecule has 0 aliphatic carbocycles. The lowest BCUT2D eigenvalue weighted by atomic mass is 10.1. The normalized spacial score (nSPS) is 10.8. The van der Waals surface area contributed by atoms with Crippen molar-refractivity contribution in [2.24, 2.45) is 5.10 Å². The van der Waals surface area contributed by atoms with Crippen LogP contribution in [0.15, 0.2) is 58.0 Å². The van der Waals surface area contributed by atoms with Gasteiger partial charge in [-0.05, 0) is 43.7 Å². The fourth-order valence-electron chi connectivity index (χ4n) is 2.87. The molecule has 1 N–H and O–H groups in total. The average molecular weight is 423 g/mol. The van der Waals surface area contributed by atoms with Gasteiger partial charge in [0.15, 0.2) is 6.61 Å². The minimum Gasteiger partial charge on any atom is -0.496 e. The minimum absolute atomic E-state index is 0.0836. The van der Waals surface area contributed by atoms with Gasteiger partial charge in [0, 0.05) is 6.07 Å². The monoisotopic (exact) mass is 423 g/mol. The third kappa shape index (κ3) is 5.47. The molecule has 0 atom stereocenters. The third-order valence-electron chi connectivity index (χ3n) is 4.36. The number of benzene rings is 2. The summed E-state index contributed by atoms with van der Waals surface area (Å²) >= 11 is 0. The van der Waals surface area contributed by atoms with E-state index in [9.17, 15) is 14.9 Å². The number of hydrazone groups is 1. The summed E-state index contributed by atoms with van der Waals surface area (Å²) < 4.78 is 16.4. The molecule has 0 aliphatic heterocycles. The fourth-order valence-corrected chi connectivity index (χ4v) is 2.87. The Hall–Kier alpha value is -4.14. The molecule has 1 amide bonds. The first-order chi connectivity index (χ1) is 14.9. The van der Waals surface area contributed by atoms with E-state index < -0.39 is 10.8 Å². The molecule has 0 saturated carbocycles. The predicted molar refractivity (Wildman–Crippen MR) is 114 cm³/mol. The Labute approximate surface area is 178 Å². The van der Waals surface area contributed by atoms with Crippen molar-refractivity contribution in [2.75, 3.05) is 13.7 Å². The van der Waals surface area contributed by atoms with E-state index in [-0.39, 0.29) is 12.3 Å². The number of methoxy groups -OCH3 is 1. The molecule has 3 rings (SSSR count). The zero-order chi connectivity index (χ0) is 22.4. The maximum Gasteiger partial charge on any atom is 0.277 e. The van der Waals surface area contributed by atoms with Crippen LogP contribution in [0.3, 0.4) is 0 Å². The number of rotatable bonds is 8. The highest BCUT2D eigenvalue weighted by Crippen LogP contribution is 2.34. The molecule has 0 aliphatic rings. The van der Waals surface area contributed by atoms with Crippen molar-refractivity contribution in [2.45, 2.75) is 13.8 Å². The first kappa shape index (κ1) is 21.6. The van der Waals surface area contributed by atoms with Gasteiger partial charge in [-0.25, -0.2) is 5.43 Å². The van der Waals surface area contributed by atoms with Gasteiger partial charge in [0.2, 0.25) is 0 Å². The van der Waals surface area contributed by atoms with Gasteiger partial charge >= 0.3 is 0 Å². The molecule has 160 valence electrons. The van der Waals surface area contributed by atoms with E-state index in [0.717, 1.165) is 11.1 Å². The van der Waals surface area contributed by atoms with E-state index in [4.69, 9.17) is 13.9 Å². The molecule has 1 aromatic heterocycles. The first-order valence-corrected chi connectivity index (χ1v) is 9.32. The average Bonchev–Trinajstić information content (AvgIpc) is 3.21. The van der Waals surface area contributed by atoms with Crippen LogP contribution in [0.4, 0.5) is 5.69 Å². The van der Waals surface area contributed by atoms with Crippen molar-refractivity contribution in [1.82, 2.24) is 5.43 Å². The molecule has 0 saturated heterocycles. The number of nitro benzene ring substituents is 1. The SMILES string of the molecule is COc1cc([N+](=O)[O-])ccc1-c1ccc(/C=N/NC(=O)COc2ccc(C)cc2C)o1. The van der Waals surface area contributed by atoms with Crippen LogP contribution in [0.25, 0.3) is 11.3 Å². The van der Waals surface area contributed by atoms with Crippen LogP contribution in [0.5, 0.6) is 11.5 Å². The highest BCUT2D eigenvalue weighted by atomic mass is 16.6. The topological polar surface area (TPSA) is 116 Å². The number of hydrogen-bond acceptors (Lipinski definition) is 7. The van der Waals surface area contributed by atoms with Gasteiger partial charge in [0.1, 0.15) is 23.0 Å². The molecule has 3 aromatic rings. The largest absolute Gasteiger partial charge is 0.496 e. The number of nitrogens with zero attached hydrogens (tertiary/aromatic N) is 2. The smallest absolute Gasteiger partial charge is 0.277 e. The Balaban J connectivity index is 1.59. The number of carbonyl (C=O) groups excluding carboxylic acids is 1. The van der Waals surface area contributed by atoms with Crippen molar-refractivity contribution in [3.63, 3.8) is 0 Å². The van der Waals surface area contributed by atoms with Crippen LogP contribution in [0.2, 0.25) is 0 Å². The summed E-state index contributed by atoms with van der Waals surface area (Å²) in [7, 11) is 1.42. The Bertz CT molecular complexity index is 1140. The van der Waals surface area contributed by atoms with E-state index in [0.29, 0.717) is 28.6 Å². The quantitative estimate of drug-likeness (QED) is 0.332. The number of ether oxygens (including phenoxy) is 2. The molecular weight excluding hydrogens is 402 g/mol. The number of furan rings is 1. The highest BCUT2D eigenvalue weighted by molar-refractivity contribution is 5.82. The summed E-state index contributed by atoms with van der Waals surface area (Å²) in [6, 6.07) is 13.3. The zero-order valence-electron chi connectivity index (χ0n) is 17.2. The van der Waals surface area contributed by atoms with Crippen LogP contribution in [-0.2, 0) is 4.79 Å². The lowest BCUT2D eigenvalue weighted by Gasteiger charge is -2.08. The molecule has 9 nitrogen and oxygen atoms in total. The number of amides is 1.